The highest BCUT2D eigenvalue weighted by atomic mass is 31.1. The van der Waals surface area contributed by atoms with Gasteiger partial charge in [0.05, 0.1) is 14.1 Å². The van der Waals surface area contributed by atoms with Gasteiger partial charge in [-0.3, -0.25) is 0 Å². The Hall–Kier alpha value is -1.21. The largest absolute Gasteiger partial charge is 0.438 e. The molecule has 3 heteroatoms. The minimum absolute atomic E-state index is 0.176. The van der Waals surface area contributed by atoms with Gasteiger partial charge in [-0.05, 0) is 22.4 Å². The van der Waals surface area contributed by atoms with Gasteiger partial charge in [0.1, 0.15) is 5.70 Å². The van der Waals surface area contributed by atoms with Gasteiger partial charge in [-0.25, -0.2) is 0 Å². The normalized spacial score (nSPS) is 14.7. The minimum atomic E-state index is -0.176. The predicted octanol–water partition coefficient (Wildman–Crippen LogP) is 5.23. The average Bonchev–Trinajstić information content (AvgIpc) is 2.95. The van der Waals surface area contributed by atoms with E-state index in [2.05, 4.69) is 96.4 Å². The highest BCUT2D eigenvalue weighted by molar-refractivity contribution is 7.69. The minimum Gasteiger partial charge on any atom is -0.351 e. The Morgan fingerprint density at radius 3 is 2.04 bits per heavy atom. The third-order valence-corrected chi connectivity index (χ3v) is 9.79. The van der Waals surface area contributed by atoms with Crippen LogP contribution in [0.3, 0.4) is 0 Å². The van der Waals surface area contributed by atoms with Crippen molar-refractivity contribution >= 4 is 28.1 Å². The topological polar surface area (TPSA) is 0 Å². The number of benzene rings is 2. The van der Waals surface area contributed by atoms with Gasteiger partial charge in [0.25, 0.3) is 0 Å². The van der Waals surface area contributed by atoms with Crippen molar-refractivity contribution in [1.82, 2.24) is 0 Å². The molecule has 0 heterocycles. The molecule has 0 unspecified atom stereocenters. The van der Waals surface area contributed by atoms with E-state index in [0.717, 1.165) is 20.3 Å². The lowest BCUT2D eigenvalue weighted by Crippen LogP contribution is -2.48. The first-order chi connectivity index (χ1) is 12.3. The molecule has 0 spiro atoms. The van der Waals surface area contributed by atoms with Gasteiger partial charge in [-0.15, -0.1) is 0 Å². The van der Waals surface area contributed by atoms with E-state index < -0.39 is 0 Å². The Balaban J connectivity index is 2.10. The van der Waals surface area contributed by atoms with E-state index in [1.165, 1.54) is 16.3 Å². The van der Waals surface area contributed by atoms with Crippen LogP contribution < -0.4 is 5.19 Å². The van der Waals surface area contributed by atoms with Crippen LogP contribution in [0.2, 0.25) is 0 Å². The second kappa shape index (κ2) is 7.80. The van der Waals surface area contributed by atoms with Crippen molar-refractivity contribution in [3.63, 3.8) is 0 Å². The Bertz CT molecular complexity index is 785. The molecule has 0 saturated carbocycles. The molecule has 0 saturated heterocycles. The van der Waals surface area contributed by atoms with Gasteiger partial charge in [0.15, 0.2) is 0 Å². The molecule has 0 N–H and O–H groups in total. The highest BCUT2D eigenvalue weighted by Gasteiger charge is 2.39. The summed E-state index contributed by atoms with van der Waals surface area (Å²) in [6.07, 6.45) is 1.11. The van der Waals surface area contributed by atoms with Crippen LogP contribution in [0.1, 0.15) is 38.8 Å². The van der Waals surface area contributed by atoms with E-state index in [-0.39, 0.29) is 7.92 Å². The van der Waals surface area contributed by atoms with E-state index >= 15 is 0 Å². The molecule has 2 radical (unpaired) electrons. The van der Waals surface area contributed by atoms with Crippen LogP contribution >= 0.6 is 7.92 Å². The third-order valence-electron chi connectivity index (χ3n) is 5.13. The molecule has 0 atom stereocenters. The molecule has 0 aromatic heterocycles. The molecule has 2 aromatic rings. The fourth-order valence-electron chi connectivity index (χ4n) is 4.09. The summed E-state index contributed by atoms with van der Waals surface area (Å²) in [7, 11) is 5.38. The lowest BCUT2D eigenvalue weighted by atomic mass is 10.1. The molecular formula is C23H31NPSi+. The molecule has 26 heavy (non-hydrogen) atoms. The van der Waals surface area contributed by atoms with Crippen molar-refractivity contribution in [1.29, 1.82) is 0 Å². The SMILES string of the molecule is CC(C)P(C1=C([N+](C)(C)[Si]c2ccccc2)Cc2ccccc21)C(C)C. The molecule has 0 amide bonds. The summed E-state index contributed by atoms with van der Waals surface area (Å²) >= 11 is 0. The van der Waals surface area contributed by atoms with Crippen LogP contribution in [0.5, 0.6) is 0 Å². The van der Waals surface area contributed by atoms with E-state index in [1.54, 1.807) is 11.0 Å². The van der Waals surface area contributed by atoms with E-state index in [9.17, 15) is 0 Å². The molecule has 0 aliphatic heterocycles. The number of rotatable bonds is 6. The van der Waals surface area contributed by atoms with Gasteiger partial charge in [-0.2, -0.15) is 0 Å². The van der Waals surface area contributed by atoms with E-state index in [1.807, 2.05) is 0 Å². The Labute approximate surface area is 163 Å². The summed E-state index contributed by atoms with van der Waals surface area (Å²) in [4.78, 5) is 0. The molecule has 136 valence electrons. The van der Waals surface area contributed by atoms with E-state index in [0.29, 0.717) is 11.3 Å². The van der Waals surface area contributed by atoms with Crippen molar-refractivity contribution in [3.05, 3.63) is 71.4 Å². The number of allylic oxidation sites excluding steroid dienone is 1. The lowest BCUT2D eigenvalue weighted by molar-refractivity contribution is -0.735. The van der Waals surface area contributed by atoms with Gasteiger partial charge in [0.2, 0.25) is 0 Å². The summed E-state index contributed by atoms with van der Waals surface area (Å²) in [5, 5.41) is 3.13. The van der Waals surface area contributed by atoms with Crippen LogP contribution in [0, 0.1) is 0 Å². The number of hydrogen-bond acceptors (Lipinski definition) is 0. The predicted molar refractivity (Wildman–Crippen MR) is 118 cm³/mol. The first-order valence-corrected chi connectivity index (χ1v) is 12.0. The molecule has 3 rings (SSSR count). The monoisotopic (exact) mass is 380 g/mol. The quantitative estimate of drug-likeness (QED) is 0.475. The van der Waals surface area contributed by atoms with E-state index in [4.69, 9.17) is 0 Å². The fraction of sp³-hybridized carbons (Fsp3) is 0.391. The van der Waals surface area contributed by atoms with Crippen LogP contribution in [0.25, 0.3) is 5.31 Å². The average molecular weight is 381 g/mol. The number of fused-ring (bicyclic) bond motifs is 1. The first kappa shape index (κ1) is 19.5. The molecule has 1 aliphatic carbocycles. The molecule has 2 aromatic carbocycles. The van der Waals surface area contributed by atoms with Gasteiger partial charge in [0, 0.05) is 16.9 Å². The Kier molecular flexibility index (Phi) is 5.87. The standard InChI is InChI=1S/C23H31NPSi/c1-17(2)25(18(3)4)23-21-15-11-10-12-19(21)16-22(23)24(5,6)26-20-13-8-7-9-14-20/h7-15,17-18H,16H2,1-6H3/q+1. The molecule has 0 fully saturated rings. The first-order valence-electron chi connectivity index (χ1n) is 9.59. The van der Waals surface area contributed by atoms with Gasteiger partial charge >= 0.3 is 9.68 Å². The number of quaternary nitrogens is 1. The van der Waals surface area contributed by atoms with Crippen molar-refractivity contribution in [2.45, 2.75) is 45.4 Å². The second-order valence-corrected chi connectivity index (χ2v) is 13.4. The zero-order valence-electron chi connectivity index (χ0n) is 17.0. The summed E-state index contributed by atoms with van der Waals surface area (Å²) in [6, 6.07) is 20.1. The van der Waals surface area contributed by atoms with Crippen molar-refractivity contribution < 1.29 is 4.15 Å². The Morgan fingerprint density at radius 2 is 1.42 bits per heavy atom. The lowest BCUT2D eigenvalue weighted by Gasteiger charge is -2.35. The summed E-state index contributed by atoms with van der Waals surface area (Å²) < 4.78 is 0.978. The highest BCUT2D eigenvalue weighted by Crippen LogP contribution is 2.62. The molecule has 1 nitrogen and oxygen atoms in total. The van der Waals surface area contributed by atoms with Crippen LogP contribution in [0.4, 0.5) is 0 Å². The molecule has 0 bridgehead atoms. The number of likely N-dealkylation sites (N-methyl/N-ethyl adjacent to an activating group) is 1. The van der Waals surface area contributed by atoms with Crippen molar-refractivity contribution in [3.8, 4) is 0 Å². The summed E-state index contributed by atoms with van der Waals surface area (Å²) in [6.45, 7) is 9.65. The van der Waals surface area contributed by atoms with Crippen LogP contribution in [-0.4, -0.2) is 39.2 Å². The molecule has 1 aliphatic rings. The van der Waals surface area contributed by atoms with Crippen molar-refractivity contribution in [2.75, 3.05) is 14.1 Å². The zero-order valence-corrected chi connectivity index (χ0v) is 18.8. The van der Waals surface area contributed by atoms with Gasteiger partial charge < -0.3 is 4.15 Å². The molecular weight excluding hydrogens is 349 g/mol. The summed E-state index contributed by atoms with van der Waals surface area (Å²) in [5.41, 5.74) is 6.11. The second-order valence-electron chi connectivity index (χ2n) is 8.16. The maximum Gasteiger partial charge on any atom is 0.438 e. The smallest absolute Gasteiger partial charge is 0.351 e. The maximum absolute atomic E-state index is 2.41. The van der Waals surface area contributed by atoms with Crippen LogP contribution in [-0.2, 0) is 6.42 Å². The summed E-state index contributed by atoms with van der Waals surface area (Å²) in [5.74, 6) is 0. The van der Waals surface area contributed by atoms with Crippen LogP contribution in [0.15, 0.2) is 60.3 Å². The number of hydrogen-bond donors (Lipinski definition) is 0. The fourth-order valence-corrected chi connectivity index (χ4v) is 8.85. The zero-order chi connectivity index (χ0) is 18.9. The maximum atomic E-state index is 2.41. The van der Waals surface area contributed by atoms with Gasteiger partial charge in [-0.1, -0.05) is 90.2 Å². The Morgan fingerprint density at radius 1 is 0.846 bits per heavy atom. The third kappa shape index (κ3) is 3.88. The number of nitrogens with zero attached hydrogens (tertiary/aromatic N) is 1. The van der Waals surface area contributed by atoms with Crippen molar-refractivity contribution in [2.24, 2.45) is 0 Å².